The van der Waals surface area contributed by atoms with Gasteiger partial charge in [0.05, 0.1) is 6.04 Å². The third-order valence-corrected chi connectivity index (χ3v) is 4.31. The Morgan fingerprint density at radius 2 is 2.07 bits per heavy atom. The van der Waals surface area contributed by atoms with Gasteiger partial charge in [-0.3, -0.25) is 0 Å². The van der Waals surface area contributed by atoms with Crippen LogP contribution in [0.5, 0.6) is 0 Å². The second-order valence-corrected chi connectivity index (χ2v) is 5.40. The highest BCUT2D eigenvalue weighted by Gasteiger charge is 2.12. The van der Waals surface area contributed by atoms with Crippen LogP contribution in [0.1, 0.15) is 35.8 Å². The molecule has 2 heterocycles. The van der Waals surface area contributed by atoms with E-state index in [1.54, 1.807) is 22.7 Å². The first-order chi connectivity index (χ1) is 7.27. The molecule has 4 heteroatoms. The fourth-order valence-electron chi connectivity index (χ4n) is 1.51. The molecular weight excluding hydrogens is 224 g/mol. The molecule has 2 rings (SSSR count). The predicted molar refractivity (Wildman–Crippen MR) is 66.4 cm³/mol. The average molecular weight is 238 g/mol. The molecule has 0 bridgehead atoms. The number of rotatable bonds is 4. The van der Waals surface area contributed by atoms with Gasteiger partial charge in [-0.1, -0.05) is 6.07 Å². The molecule has 2 aromatic rings. The molecule has 0 aromatic carbocycles. The quantitative estimate of drug-likeness (QED) is 0.880. The first kappa shape index (κ1) is 10.8. The van der Waals surface area contributed by atoms with Crippen LogP contribution in [-0.4, -0.2) is 4.98 Å². The van der Waals surface area contributed by atoms with Crippen molar-refractivity contribution in [1.29, 1.82) is 0 Å². The molecule has 0 radical (unpaired) electrons. The summed E-state index contributed by atoms with van der Waals surface area (Å²) < 4.78 is 0. The Bertz CT molecular complexity index is 342. The van der Waals surface area contributed by atoms with Gasteiger partial charge >= 0.3 is 0 Å². The molecule has 0 saturated heterocycles. The molecule has 2 atom stereocenters. The number of hydrogen-bond acceptors (Lipinski definition) is 4. The van der Waals surface area contributed by atoms with Crippen LogP contribution in [0.15, 0.2) is 29.1 Å². The Morgan fingerprint density at radius 1 is 1.20 bits per heavy atom. The molecule has 1 unspecified atom stereocenters. The number of nitrogens with one attached hydrogen (secondary N) is 1. The molecule has 0 fully saturated rings. The smallest absolute Gasteiger partial charge is 0.109 e. The van der Waals surface area contributed by atoms with Crippen molar-refractivity contribution in [2.24, 2.45) is 0 Å². The van der Waals surface area contributed by atoms with E-state index in [9.17, 15) is 0 Å². The summed E-state index contributed by atoms with van der Waals surface area (Å²) in [5.41, 5.74) is 0. The van der Waals surface area contributed by atoms with Crippen molar-refractivity contribution in [3.8, 4) is 0 Å². The lowest BCUT2D eigenvalue weighted by Crippen LogP contribution is -2.21. The molecule has 1 N–H and O–H groups in total. The van der Waals surface area contributed by atoms with Crippen molar-refractivity contribution < 1.29 is 0 Å². The fourth-order valence-corrected chi connectivity index (χ4v) is 2.91. The van der Waals surface area contributed by atoms with Gasteiger partial charge in [0, 0.05) is 22.5 Å². The van der Waals surface area contributed by atoms with E-state index < -0.39 is 0 Å². The maximum atomic E-state index is 4.31. The molecule has 0 amide bonds. The minimum absolute atomic E-state index is 0.321. The largest absolute Gasteiger partial charge is 0.301 e. The summed E-state index contributed by atoms with van der Waals surface area (Å²) in [5.74, 6) is 0. The van der Waals surface area contributed by atoms with Crippen molar-refractivity contribution >= 4 is 22.7 Å². The van der Waals surface area contributed by atoms with Crippen LogP contribution in [0, 0.1) is 0 Å². The molecule has 2 aromatic heterocycles. The zero-order valence-corrected chi connectivity index (χ0v) is 10.4. The molecule has 0 spiro atoms. The summed E-state index contributed by atoms with van der Waals surface area (Å²) >= 11 is 3.49. The van der Waals surface area contributed by atoms with E-state index in [2.05, 4.69) is 41.7 Å². The number of aromatic nitrogens is 1. The highest BCUT2D eigenvalue weighted by molar-refractivity contribution is 7.10. The molecule has 0 aliphatic rings. The fraction of sp³-hybridized carbons (Fsp3) is 0.364. The summed E-state index contributed by atoms with van der Waals surface area (Å²) in [7, 11) is 0. The lowest BCUT2D eigenvalue weighted by Gasteiger charge is -2.17. The lowest BCUT2D eigenvalue weighted by atomic mass is 10.2. The maximum absolute atomic E-state index is 4.31. The summed E-state index contributed by atoms with van der Waals surface area (Å²) in [6.07, 6.45) is 1.86. The second kappa shape index (κ2) is 4.88. The summed E-state index contributed by atoms with van der Waals surface area (Å²) in [4.78, 5) is 5.68. The van der Waals surface area contributed by atoms with E-state index in [0.29, 0.717) is 12.1 Å². The first-order valence-corrected chi connectivity index (χ1v) is 6.72. The average Bonchev–Trinajstić information content (AvgIpc) is 2.91. The molecule has 2 nitrogen and oxygen atoms in total. The van der Waals surface area contributed by atoms with Crippen LogP contribution in [0.3, 0.4) is 0 Å². The van der Waals surface area contributed by atoms with E-state index >= 15 is 0 Å². The lowest BCUT2D eigenvalue weighted by molar-refractivity contribution is 0.498. The number of hydrogen-bond donors (Lipinski definition) is 1. The third kappa shape index (κ3) is 2.65. The van der Waals surface area contributed by atoms with Gasteiger partial charge in [-0.2, -0.15) is 0 Å². The van der Waals surface area contributed by atoms with Crippen molar-refractivity contribution in [1.82, 2.24) is 10.3 Å². The molecule has 0 aliphatic heterocycles. The Hall–Kier alpha value is -0.710. The Balaban J connectivity index is 1.98. The Labute approximate surface area is 98.0 Å². The van der Waals surface area contributed by atoms with E-state index in [1.807, 2.05) is 11.6 Å². The van der Waals surface area contributed by atoms with Crippen LogP contribution in [0.2, 0.25) is 0 Å². The van der Waals surface area contributed by atoms with E-state index in [4.69, 9.17) is 0 Å². The van der Waals surface area contributed by atoms with Crippen LogP contribution >= 0.6 is 22.7 Å². The zero-order chi connectivity index (χ0) is 10.7. The van der Waals surface area contributed by atoms with E-state index in [-0.39, 0.29) is 0 Å². The van der Waals surface area contributed by atoms with Crippen molar-refractivity contribution in [3.63, 3.8) is 0 Å². The summed E-state index contributed by atoms with van der Waals surface area (Å²) in [5, 5.41) is 8.82. The molecule has 0 saturated carbocycles. The standard InChI is InChI=1S/C11H14N2S2/c1-8(10-4-3-6-14-10)13-9(2)11-12-5-7-15-11/h3-9,13H,1-2H3/t8-,9?/m0/s1. The molecule has 80 valence electrons. The zero-order valence-electron chi connectivity index (χ0n) is 8.81. The number of nitrogens with zero attached hydrogens (tertiary/aromatic N) is 1. The van der Waals surface area contributed by atoms with Gasteiger partial charge in [0.25, 0.3) is 0 Å². The van der Waals surface area contributed by atoms with Crippen molar-refractivity contribution in [2.75, 3.05) is 0 Å². The van der Waals surface area contributed by atoms with E-state index in [0.717, 1.165) is 5.01 Å². The highest BCUT2D eigenvalue weighted by atomic mass is 32.1. The SMILES string of the molecule is CC(N[C@@H](C)c1cccs1)c1nccs1. The molecular formula is C11H14N2S2. The van der Waals surface area contributed by atoms with Gasteiger partial charge in [0.2, 0.25) is 0 Å². The monoisotopic (exact) mass is 238 g/mol. The van der Waals surface area contributed by atoms with Crippen LogP contribution < -0.4 is 5.32 Å². The van der Waals surface area contributed by atoms with E-state index in [1.165, 1.54) is 4.88 Å². The Kier molecular flexibility index (Phi) is 3.51. The highest BCUT2D eigenvalue weighted by Crippen LogP contribution is 2.23. The third-order valence-electron chi connectivity index (χ3n) is 2.29. The second-order valence-electron chi connectivity index (χ2n) is 3.50. The maximum Gasteiger partial charge on any atom is 0.109 e. The van der Waals surface area contributed by atoms with Gasteiger partial charge in [-0.05, 0) is 25.3 Å². The van der Waals surface area contributed by atoms with Gasteiger partial charge in [-0.25, -0.2) is 4.98 Å². The number of thiophene rings is 1. The topological polar surface area (TPSA) is 24.9 Å². The van der Waals surface area contributed by atoms with Crippen LogP contribution in [0.4, 0.5) is 0 Å². The van der Waals surface area contributed by atoms with Crippen LogP contribution in [0.25, 0.3) is 0 Å². The minimum atomic E-state index is 0.321. The number of thiazole rings is 1. The molecule has 15 heavy (non-hydrogen) atoms. The van der Waals surface area contributed by atoms with Crippen molar-refractivity contribution in [3.05, 3.63) is 39.0 Å². The van der Waals surface area contributed by atoms with Gasteiger partial charge in [-0.15, -0.1) is 22.7 Å². The van der Waals surface area contributed by atoms with Gasteiger partial charge in [0.15, 0.2) is 0 Å². The van der Waals surface area contributed by atoms with Crippen molar-refractivity contribution in [2.45, 2.75) is 25.9 Å². The predicted octanol–water partition coefficient (Wildman–Crippen LogP) is 3.62. The normalized spacial score (nSPS) is 15.1. The van der Waals surface area contributed by atoms with Gasteiger partial charge < -0.3 is 5.32 Å². The Morgan fingerprint density at radius 3 is 2.67 bits per heavy atom. The summed E-state index contributed by atoms with van der Waals surface area (Å²) in [6, 6.07) is 4.97. The summed E-state index contributed by atoms with van der Waals surface area (Å²) in [6.45, 7) is 4.35. The van der Waals surface area contributed by atoms with Crippen LogP contribution in [-0.2, 0) is 0 Å². The first-order valence-electron chi connectivity index (χ1n) is 4.96. The minimum Gasteiger partial charge on any atom is -0.301 e. The van der Waals surface area contributed by atoms with Gasteiger partial charge in [0.1, 0.15) is 5.01 Å². The molecule has 0 aliphatic carbocycles.